The number of carbonyl (C=O) groups excluding carboxylic acids is 3. The van der Waals surface area contributed by atoms with Gasteiger partial charge in [0.1, 0.15) is 0 Å². The summed E-state index contributed by atoms with van der Waals surface area (Å²) in [5, 5.41) is 3.19. The first kappa shape index (κ1) is 18.4. The van der Waals surface area contributed by atoms with Gasteiger partial charge in [0, 0.05) is 13.0 Å². The Bertz CT molecular complexity index is 932. The standard InChI is InChI=1S/C23H24N2O3/c1-16-10-11-18-19(15-16)22(28)25(21(18)27)14-5-9-20(26)24-23(12-6-13-23)17-7-3-2-4-8-17/h2-4,7-8,10-11,15H,5-6,9,12-14H2,1H3,(H,24,26). The van der Waals surface area contributed by atoms with Gasteiger partial charge in [0.15, 0.2) is 0 Å². The van der Waals surface area contributed by atoms with Crippen LogP contribution in [0.2, 0.25) is 0 Å². The molecule has 0 aromatic heterocycles. The molecule has 2 aromatic rings. The molecule has 0 bridgehead atoms. The van der Waals surface area contributed by atoms with Gasteiger partial charge in [-0.1, -0.05) is 42.0 Å². The van der Waals surface area contributed by atoms with Gasteiger partial charge >= 0.3 is 0 Å². The van der Waals surface area contributed by atoms with Gasteiger partial charge in [0.2, 0.25) is 5.91 Å². The highest BCUT2D eigenvalue weighted by atomic mass is 16.2. The van der Waals surface area contributed by atoms with Crippen LogP contribution in [0.25, 0.3) is 0 Å². The molecule has 28 heavy (non-hydrogen) atoms. The van der Waals surface area contributed by atoms with Crippen LogP contribution in [0.4, 0.5) is 0 Å². The molecule has 0 unspecified atom stereocenters. The fourth-order valence-corrected chi connectivity index (χ4v) is 4.11. The van der Waals surface area contributed by atoms with Gasteiger partial charge in [-0.2, -0.15) is 0 Å². The molecule has 144 valence electrons. The van der Waals surface area contributed by atoms with E-state index in [0.717, 1.165) is 30.4 Å². The predicted octanol–water partition coefficient (Wildman–Crippen LogP) is 3.57. The number of carbonyl (C=O) groups is 3. The molecule has 2 aromatic carbocycles. The number of hydrogen-bond acceptors (Lipinski definition) is 3. The average Bonchev–Trinajstić information content (AvgIpc) is 2.89. The first-order chi connectivity index (χ1) is 13.5. The number of aryl methyl sites for hydroxylation is 1. The van der Waals surface area contributed by atoms with E-state index in [4.69, 9.17) is 0 Å². The van der Waals surface area contributed by atoms with E-state index in [-0.39, 0.29) is 29.8 Å². The minimum absolute atomic E-state index is 0.0315. The van der Waals surface area contributed by atoms with E-state index >= 15 is 0 Å². The molecule has 4 rings (SSSR count). The molecule has 2 aliphatic rings. The Morgan fingerprint density at radius 2 is 1.75 bits per heavy atom. The zero-order valence-electron chi connectivity index (χ0n) is 16.0. The second kappa shape index (κ2) is 7.23. The molecule has 0 saturated heterocycles. The first-order valence-electron chi connectivity index (χ1n) is 9.84. The van der Waals surface area contributed by atoms with Crippen LogP contribution in [0.5, 0.6) is 0 Å². The van der Waals surface area contributed by atoms with Crippen LogP contribution in [-0.2, 0) is 10.3 Å². The second-order valence-electron chi connectivity index (χ2n) is 7.76. The summed E-state index contributed by atoms with van der Waals surface area (Å²) in [6.45, 7) is 2.16. The molecular weight excluding hydrogens is 352 g/mol. The van der Waals surface area contributed by atoms with Crippen LogP contribution in [-0.4, -0.2) is 29.2 Å². The minimum atomic E-state index is -0.264. The molecule has 1 saturated carbocycles. The summed E-state index contributed by atoms with van der Waals surface area (Å²) in [6.07, 6.45) is 3.74. The molecule has 1 fully saturated rings. The van der Waals surface area contributed by atoms with Crippen LogP contribution in [0.3, 0.4) is 0 Å². The van der Waals surface area contributed by atoms with Gasteiger partial charge in [0.05, 0.1) is 16.7 Å². The van der Waals surface area contributed by atoms with E-state index in [1.807, 2.05) is 31.2 Å². The Hall–Kier alpha value is -2.95. The highest BCUT2D eigenvalue weighted by Gasteiger charge is 2.40. The zero-order valence-corrected chi connectivity index (χ0v) is 16.0. The predicted molar refractivity (Wildman–Crippen MR) is 106 cm³/mol. The summed E-state index contributed by atoms with van der Waals surface area (Å²) < 4.78 is 0. The van der Waals surface area contributed by atoms with Gasteiger partial charge in [-0.15, -0.1) is 0 Å². The maximum absolute atomic E-state index is 12.5. The third-order valence-electron chi connectivity index (χ3n) is 5.82. The number of benzene rings is 2. The van der Waals surface area contributed by atoms with E-state index in [1.165, 1.54) is 4.90 Å². The van der Waals surface area contributed by atoms with Crippen LogP contribution >= 0.6 is 0 Å². The number of nitrogens with zero attached hydrogens (tertiary/aromatic N) is 1. The minimum Gasteiger partial charge on any atom is -0.347 e. The fraction of sp³-hybridized carbons (Fsp3) is 0.348. The maximum Gasteiger partial charge on any atom is 0.261 e. The van der Waals surface area contributed by atoms with Crippen molar-refractivity contribution < 1.29 is 14.4 Å². The van der Waals surface area contributed by atoms with Crippen molar-refractivity contribution in [3.8, 4) is 0 Å². The van der Waals surface area contributed by atoms with Crippen molar-refractivity contribution in [1.29, 1.82) is 0 Å². The van der Waals surface area contributed by atoms with Crippen molar-refractivity contribution >= 4 is 17.7 Å². The van der Waals surface area contributed by atoms with Gasteiger partial charge in [-0.3, -0.25) is 19.3 Å². The number of amides is 3. The van der Waals surface area contributed by atoms with E-state index < -0.39 is 0 Å². The summed E-state index contributed by atoms with van der Waals surface area (Å²) >= 11 is 0. The largest absolute Gasteiger partial charge is 0.347 e. The highest BCUT2D eigenvalue weighted by Crippen LogP contribution is 2.41. The lowest BCUT2D eigenvalue weighted by atomic mass is 9.71. The lowest BCUT2D eigenvalue weighted by molar-refractivity contribution is -0.124. The molecular formula is C23H24N2O3. The van der Waals surface area contributed by atoms with E-state index in [9.17, 15) is 14.4 Å². The molecule has 5 heteroatoms. The Morgan fingerprint density at radius 3 is 2.43 bits per heavy atom. The molecule has 1 N–H and O–H groups in total. The average molecular weight is 376 g/mol. The SMILES string of the molecule is Cc1ccc2c(c1)C(=O)N(CCCC(=O)NC1(c3ccccc3)CCC1)C2=O. The van der Waals surface area contributed by atoms with Crippen LogP contribution < -0.4 is 5.32 Å². The lowest BCUT2D eigenvalue weighted by Crippen LogP contribution is -2.50. The van der Waals surface area contributed by atoms with E-state index in [0.29, 0.717) is 24.0 Å². The summed E-state index contributed by atoms with van der Waals surface area (Å²) in [7, 11) is 0. The summed E-state index contributed by atoms with van der Waals surface area (Å²) in [4.78, 5) is 38.8. The summed E-state index contributed by atoms with van der Waals surface area (Å²) in [5.74, 6) is -0.556. The molecule has 1 aliphatic heterocycles. The third-order valence-corrected chi connectivity index (χ3v) is 5.82. The topological polar surface area (TPSA) is 66.5 Å². The molecule has 0 spiro atoms. The Balaban J connectivity index is 1.34. The first-order valence-corrected chi connectivity index (χ1v) is 9.84. The summed E-state index contributed by atoms with van der Waals surface area (Å²) in [5.41, 5.74) is 2.76. The quantitative estimate of drug-likeness (QED) is 0.784. The van der Waals surface area contributed by atoms with Crippen molar-refractivity contribution in [2.45, 2.75) is 44.6 Å². The van der Waals surface area contributed by atoms with Crippen LogP contribution in [0.15, 0.2) is 48.5 Å². The Morgan fingerprint density at radius 1 is 1.04 bits per heavy atom. The molecule has 0 atom stereocenters. The Labute approximate surface area is 164 Å². The van der Waals surface area contributed by atoms with Crippen molar-refractivity contribution in [1.82, 2.24) is 10.2 Å². The van der Waals surface area contributed by atoms with Crippen LogP contribution in [0, 0.1) is 6.92 Å². The van der Waals surface area contributed by atoms with Gasteiger partial charge in [0.25, 0.3) is 11.8 Å². The fourth-order valence-electron chi connectivity index (χ4n) is 4.11. The normalized spacial score (nSPS) is 17.2. The van der Waals surface area contributed by atoms with Gasteiger partial charge in [-0.25, -0.2) is 0 Å². The molecule has 3 amide bonds. The molecule has 5 nitrogen and oxygen atoms in total. The summed E-state index contributed by atoms with van der Waals surface area (Å²) in [6, 6.07) is 15.4. The molecule has 0 radical (unpaired) electrons. The van der Waals surface area contributed by atoms with Crippen molar-refractivity contribution in [2.24, 2.45) is 0 Å². The second-order valence-corrected chi connectivity index (χ2v) is 7.76. The van der Waals surface area contributed by atoms with Gasteiger partial charge < -0.3 is 5.32 Å². The van der Waals surface area contributed by atoms with Crippen LogP contribution in [0.1, 0.15) is 63.9 Å². The van der Waals surface area contributed by atoms with Crippen molar-refractivity contribution in [3.63, 3.8) is 0 Å². The number of hydrogen-bond donors (Lipinski definition) is 1. The van der Waals surface area contributed by atoms with E-state index in [1.54, 1.807) is 12.1 Å². The number of fused-ring (bicyclic) bond motifs is 1. The van der Waals surface area contributed by atoms with Crippen molar-refractivity contribution in [3.05, 3.63) is 70.8 Å². The maximum atomic E-state index is 12.5. The monoisotopic (exact) mass is 376 g/mol. The van der Waals surface area contributed by atoms with E-state index in [2.05, 4.69) is 17.4 Å². The zero-order chi connectivity index (χ0) is 19.7. The number of rotatable bonds is 6. The smallest absolute Gasteiger partial charge is 0.261 e. The van der Waals surface area contributed by atoms with Gasteiger partial charge in [-0.05, 0) is 50.3 Å². The van der Waals surface area contributed by atoms with Crippen molar-refractivity contribution in [2.75, 3.05) is 6.54 Å². The molecule has 1 heterocycles. The number of imide groups is 1. The Kier molecular flexibility index (Phi) is 4.75. The number of nitrogens with one attached hydrogen (secondary N) is 1. The third kappa shape index (κ3) is 3.21. The molecule has 1 aliphatic carbocycles. The lowest BCUT2D eigenvalue weighted by Gasteiger charge is -2.43. The highest BCUT2D eigenvalue weighted by molar-refractivity contribution is 6.21.